The Morgan fingerprint density at radius 1 is 1.19 bits per heavy atom. The molecule has 0 fully saturated rings. The van der Waals surface area contributed by atoms with Gasteiger partial charge in [-0.05, 0) is 48.4 Å². The van der Waals surface area contributed by atoms with Crippen LogP contribution in [-0.2, 0) is 10.0 Å². The third kappa shape index (κ3) is 3.53. The van der Waals surface area contributed by atoms with Crippen LogP contribution in [0.25, 0.3) is 0 Å². The van der Waals surface area contributed by atoms with Crippen molar-refractivity contribution in [2.24, 2.45) is 0 Å². The second-order valence-corrected chi connectivity index (χ2v) is 6.50. The summed E-state index contributed by atoms with van der Waals surface area (Å²) in [5.41, 5.74) is 0.825. The quantitative estimate of drug-likeness (QED) is 0.929. The average Bonchev–Trinajstić information content (AvgIpc) is 2.42. The molecule has 7 heteroatoms. The molecule has 5 nitrogen and oxygen atoms in total. The van der Waals surface area contributed by atoms with E-state index in [1.807, 2.05) is 0 Å². The Morgan fingerprint density at radius 2 is 1.90 bits per heavy atom. The molecule has 0 atom stereocenters. The van der Waals surface area contributed by atoms with Crippen molar-refractivity contribution in [1.82, 2.24) is 0 Å². The maximum absolute atomic E-state index is 12.3. The monoisotopic (exact) mass is 324 g/mol. The molecule has 0 unspecified atom stereocenters. The third-order valence-corrected chi connectivity index (χ3v) is 4.41. The van der Waals surface area contributed by atoms with E-state index in [9.17, 15) is 18.3 Å². The van der Waals surface area contributed by atoms with Gasteiger partial charge in [0.2, 0.25) is 0 Å². The Labute approximate surface area is 127 Å². The molecule has 0 aliphatic rings. The Kier molecular flexibility index (Phi) is 4.20. The molecule has 0 heterocycles. The summed E-state index contributed by atoms with van der Waals surface area (Å²) < 4.78 is 26.9. The number of rotatable bonds is 4. The van der Waals surface area contributed by atoms with Gasteiger partial charge in [0.1, 0.15) is 0 Å². The van der Waals surface area contributed by atoms with Gasteiger partial charge in [0.15, 0.2) is 0 Å². The van der Waals surface area contributed by atoms with Gasteiger partial charge in [0, 0.05) is 5.02 Å². The standard InChI is InChI=1S/C14H12ClNO4S/c1-9-7-11(15)5-6-13(9)16-21(19,20)12-4-2-3-10(8-12)14(17)18/h2-8,16H,1H3,(H,17,18)/p-1. The van der Waals surface area contributed by atoms with Crippen LogP contribution in [0, 0.1) is 6.92 Å². The molecule has 2 aromatic carbocycles. The number of benzene rings is 2. The zero-order chi connectivity index (χ0) is 15.6. The van der Waals surface area contributed by atoms with Crippen molar-refractivity contribution < 1.29 is 18.3 Å². The van der Waals surface area contributed by atoms with E-state index in [0.717, 1.165) is 6.07 Å². The summed E-state index contributed by atoms with van der Waals surface area (Å²) in [4.78, 5) is 10.6. The zero-order valence-corrected chi connectivity index (χ0v) is 12.5. The highest BCUT2D eigenvalue weighted by Gasteiger charge is 2.16. The number of carboxylic acids is 1. The van der Waals surface area contributed by atoms with Gasteiger partial charge in [0.05, 0.1) is 16.6 Å². The first-order valence-corrected chi connectivity index (χ1v) is 7.76. The van der Waals surface area contributed by atoms with Gasteiger partial charge in [-0.1, -0.05) is 23.7 Å². The fraction of sp³-hybridized carbons (Fsp3) is 0.0714. The summed E-state index contributed by atoms with van der Waals surface area (Å²) in [5, 5.41) is 11.3. The molecular formula is C14H11ClNO4S-. The second-order valence-electron chi connectivity index (χ2n) is 4.38. The first-order chi connectivity index (χ1) is 9.79. The molecule has 0 amide bonds. The minimum atomic E-state index is -3.89. The molecule has 110 valence electrons. The number of aryl methyl sites for hydroxylation is 1. The lowest BCUT2D eigenvalue weighted by Crippen LogP contribution is -2.23. The lowest BCUT2D eigenvalue weighted by molar-refractivity contribution is -0.255. The highest BCUT2D eigenvalue weighted by Crippen LogP contribution is 2.23. The molecule has 0 spiro atoms. The molecule has 0 aliphatic carbocycles. The number of halogens is 1. The van der Waals surface area contributed by atoms with E-state index in [1.165, 1.54) is 24.3 Å². The number of anilines is 1. The summed E-state index contributed by atoms with van der Waals surface area (Å²) in [6, 6.07) is 9.68. The van der Waals surface area contributed by atoms with Crippen molar-refractivity contribution in [3.8, 4) is 0 Å². The topological polar surface area (TPSA) is 86.3 Å². The van der Waals surface area contributed by atoms with Crippen molar-refractivity contribution in [1.29, 1.82) is 0 Å². The van der Waals surface area contributed by atoms with Crippen molar-refractivity contribution in [3.63, 3.8) is 0 Å². The van der Waals surface area contributed by atoms with Crippen LogP contribution in [0.1, 0.15) is 15.9 Å². The van der Waals surface area contributed by atoms with E-state index in [4.69, 9.17) is 11.6 Å². The summed E-state index contributed by atoms with van der Waals surface area (Å²) in [6.07, 6.45) is 0. The highest BCUT2D eigenvalue weighted by molar-refractivity contribution is 7.92. The van der Waals surface area contributed by atoms with Gasteiger partial charge in [-0.15, -0.1) is 0 Å². The van der Waals surface area contributed by atoms with E-state index in [0.29, 0.717) is 16.3 Å². The molecule has 21 heavy (non-hydrogen) atoms. The number of nitrogens with one attached hydrogen (secondary N) is 1. The molecule has 0 bridgehead atoms. The summed E-state index contributed by atoms with van der Waals surface area (Å²) in [6.45, 7) is 1.71. The Hall–Kier alpha value is -2.05. The van der Waals surface area contributed by atoms with Gasteiger partial charge >= 0.3 is 0 Å². The minimum absolute atomic E-state index is 0.154. The van der Waals surface area contributed by atoms with Crippen molar-refractivity contribution >= 4 is 33.3 Å². The summed E-state index contributed by atoms with van der Waals surface area (Å²) in [5.74, 6) is -1.44. The van der Waals surface area contributed by atoms with E-state index < -0.39 is 16.0 Å². The fourth-order valence-electron chi connectivity index (χ4n) is 1.74. The van der Waals surface area contributed by atoms with E-state index in [-0.39, 0.29) is 10.5 Å². The number of carbonyl (C=O) groups is 1. The van der Waals surface area contributed by atoms with Crippen LogP contribution in [-0.4, -0.2) is 14.4 Å². The zero-order valence-electron chi connectivity index (χ0n) is 11.0. The first-order valence-electron chi connectivity index (χ1n) is 5.90. The molecule has 1 N–H and O–H groups in total. The Balaban J connectivity index is 2.38. The van der Waals surface area contributed by atoms with Crippen LogP contribution < -0.4 is 9.83 Å². The molecule has 0 saturated carbocycles. The molecular weight excluding hydrogens is 314 g/mol. The van der Waals surface area contributed by atoms with Crippen molar-refractivity contribution in [3.05, 3.63) is 58.6 Å². The van der Waals surface area contributed by atoms with Gasteiger partial charge in [-0.2, -0.15) is 0 Å². The molecule has 0 aromatic heterocycles. The molecule has 0 radical (unpaired) electrons. The van der Waals surface area contributed by atoms with Gasteiger partial charge in [-0.3, -0.25) is 4.72 Å². The maximum Gasteiger partial charge on any atom is 0.261 e. The van der Waals surface area contributed by atoms with E-state index in [2.05, 4.69) is 4.72 Å². The van der Waals surface area contributed by atoms with Gasteiger partial charge < -0.3 is 9.90 Å². The van der Waals surface area contributed by atoms with Crippen LogP contribution in [0.2, 0.25) is 5.02 Å². The minimum Gasteiger partial charge on any atom is -0.545 e. The van der Waals surface area contributed by atoms with Crippen molar-refractivity contribution in [2.75, 3.05) is 4.72 Å². The molecule has 2 aromatic rings. The van der Waals surface area contributed by atoms with E-state index in [1.54, 1.807) is 19.1 Å². The van der Waals surface area contributed by atoms with E-state index >= 15 is 0 Å². The summed E-state index contributed by atoms with van der Waals surface area (Å²) in [7, 11) is -3.89. The third-order valence-electron chi connectivity index (χ3n) is 2.81. The van der Waals surface area contributed by atoms with Crippen LogP contribution in [0.3, 0.4) is 0 Å². The van der Waals surface area contributed by atoms with Crippen LogP contribution in [0.5, 0.6) is 0 Å². The highest BCUT2D eigenvalue weighted by atomic mass is 35.5. The number of carboxylic acid groups (broad SMARTS) is 1. The number of hydrogen-bond acceptors (Lipinski definition) is 4. The second kappa shape index (κ2) is 5.75. The normalized spacial score (nSPS) is 11.1. The molecule has 0 saturated heterocycles. The number of hydrogen-bond donors (Lipinski definition) is 1. The number of aromatic carboxylic acids is 1. The van der Waals surface area contributed by atoms with Gasteiger partial charge in [-0.25, -0.2) is 8.42 Å². The maximum atomic E-state index is 12.3. The van der Waals surface area contributed by atoms with Gasteiger partial charge in [0.25, 0.3) is 10.0 Å². The SMILES string of the molecule is Cc1cc(Cl)ccc1NS(=O)(=O)c1cccc(C(=O)[O-])c1. The molecule has 0 aliphatic heterocycles. The smallest absolute Gasteiger partial charge is 0.261 e. The van der Waals surface area contributed by atoms with Crippen LogP contribution >= 0.6 is 11.6 Å². The van der Waals surface area contributed by atoms with Crippen LogP contribution in [0.15, 0.2) is 47.4 Å². The number of carbonyl (C=O) groups excluding carboxylic acids is 1. The first kappa shape index (κ1) is 15.3. The molecule has 2 rings (SSSR count). The lowest BCUT2D eigenvalue weighted by atomic mass is 10.2. The average molecular weight is 325 g/mol. The Bertz CT molecular complexity index is 802. The predicted octanol–water partition coefficient (Wildman–Crippen LogP) is 1.81. The summed E-state index contributed by atoms with van der Waals surface area (Å²) >= 11 is 5.81. The Morgan fingerprint density at radius 3 is 2.52 bits per heavy atom. The van der Waals surface area contributed by atoms with Crippen molar-refractivity contribution in [2.45, 2.75) is 11.8 Å². The fourth-order valence-corrected chi connectivity index (χ4v) is 3.14. The van der Waals surface area contributed by atoms with Crippen LogP contribution in [0.4, 0.5) is 5.69 Å². The number of sulfonamides is 1. The lowest BCUT2D eigenvalue weighted by Gasteiger charge is -2.12. The predicted molar refractivity (Wildman–Crippen MR) is 77.8 cm³/mol. The largest absolute Gasteiger partial charge is 0.545 e.